The number of hydrogen-bond acceptors (Lipinski definition) is 2. The van der Waals surface area contributed by atoms with E-state index in [-0.39, 0.29) is 0 Å². The molecule has 2 unspecified atom stereocenters. The molecule has 0 aromatic rings. The third-order valence-electron chi connectivity index (χ3n) is 1.83. The Balaban J connectivity index is 4.48. The molecule has 0 saturated carbocycles. The average molecular weight is 158 g/mol. The van der Waals surface area contributed by atoms with Crippen LogP contribution in [0.15, 0.2) is 12.7 Å². The third-order valence-corrected chi connectivity index (χ3v) is 1.83. The summed E-state index contributed by atoms with van der Waals surface area (Å²) in [5.41, 5.74) is -1.30. The van der Waals surface area contributed by atoms with Crippen LogP contribution in [0, 0.1) is 5.92 Å². The summed E-state index contributed by atoms with van der Waals surface area (Å²) >= 11 is 0. The third kappa shape index (κ3) is 2.35. The van der Waals surface area contributed by atoms with E-state index >= 15 is 0 Å². The fraction of sp³-hybridized carbons (Fsp3) is 0.625. The molecular formula is C8H14O3. The summed E-state index contributed by atoms with van der Waals surface area (Å²) < 4.78 is 0. The molecule has 0 heterocycles. The fourth-order valence-corrected chi connectivity index (χ4v) is 0.980. The highest BCUT2D eigenvalue weighted by Gasteiger charge is 2.32. The number of carboxylic acid groups (broad SMARTS) is 1. The van der Waals surface area contributed by atoms with E-state index in [1.165, 1.54) is 13.0 Å². The van der Waals surface area contributed by atoms with Crippen LogP contribution in [-0.4, -0.2) is 21.8 Å². The summed E-state index contributed by atoms with van der Waals surface area (Å²) in [6, 6.07) is 0. The normalized spacial score (nSPS) is 18.5. The summed E-state index contributed by atoms with van der Waals surface area (Å²) in [6.45, 7) is 6.54. The fourth-order valence-electron chi connectivity index (χ4n) is 0.980. The number of aliphatic carboxylic acids is 1. The summed E-state index contributed by atoms with van der Waals surface area (Å²) in [5, 5.41) is 18.1. The lowest BCUT2D eigenvalue weighted by Gasteiger charge is -2.25. The van der Waals surface area contributed by atoms with Gasteiger partial charge in [-0.05, 0) is 13.3 Å². The molecule has 0 amide bonds. The van der Waals surface area contributed by atoms with Crippen LogP contribution in [0.3, 0.4) is 0 Å². The van der Waals surface area contributed by atoms with Gasteiger partial charge in [-0.25, -0.2) is 0 Å². The van der Waals surface area contributed by atoms with E-state index in [0.29, 0.717) is 6.42 Å². The lowest BCUT2D eigenvalue weighted by atomic mass is 9.87. The van der Waals surface area contributed by atoms with E-state index in [1.807, 2.05) is 0 Å². The van der Waals surface area contributed by atoms with Crippen LogP contribution in [0.1, 0.15) is 20.3 Å². The number of hydrogen-bond donors (Lipinski definition) is 2. The summed E-state index contributed by atoms with van der Waals surface area (Å²) in [5.74, 6) is -1.75. The maximum atomic E-state index is 10.5. The van der Waals surface area contributed by atoms with Crippen molar-refractivity contribution in [3.8, 4) is 0 Å². The van der Waals surface area contributed by atoms with Crippen molar-refractivity contribution in [2.24, 2.45) is 5.92 Å². The number of aliphatic hydroxyl groups is 1. The molecule has 2 N–H and O–H groups in total. The van der Waals surface area contributed by atoms with Gasteiger partial charge in [0.2, 0.25) is 0 Å². The van der Waals surface area contributed by atoms with Crippen LogP contribution in [0.25, 0.3) is 0 Å². The standard InChI is InChI=1S/C8H14O3/c1-4-6(7(9)10)8(3,11)5-2/h5-6,11H,2,4H2,1,3H3,(H,9,10). The van der Waals surface area contributed by atoms with E-state index in [1.54, 1.807) is 6.92 Å². The second-order valence-electron chi connectivity index (χ2n) is 2.73. The van der Waals surface area contributed by atoms with Gasteiger partial charge in [0.1, 0.15) is 0 Å². The smallest absolute Gasteiger partial charge is 0.309 e. The quantitative estimate of drug-likeness (QED) is 0.601. The first kappa shape index (κ1) is 10.2. The molecule has 0 aliphatic carbocycles. The predicted molar refractivity (Wildman–Crippen MR) is 42.2 cm³/mol. The molecule has 0 aliphatic rings. The van der Waals surface area contributed by atoms with Crippen molar-refractivity contribution >= 4 is 5.97 Å². The topological polar surface area (TPSA) is 57.5 Å². The molecule has 3 nitrogen and oxygen atoms in total. The van der Waals surface area contributed by atoms with Gasteiger partial charge >= 0.3 is 5.97 Å². The second kappa shape index (κ2) is 3.53. The van der Waals surface area contributed by atoms with Gasteiger partial charge in [-0.1, -0.05) is 13.0 Å². The minimum atomic E-state index is -1.30. The number of carboxylic acids is 1. The summed E-state index contributed by atoms with van der Waals surface area (Å²) in [6.07, 6.45) is 1.66. The molecule has 0 aliphatic heterocycles. The molecule has 0 spiro atoms. The Morgan fingerprint density at radius 2 is 2.27 bits per heavy atom. The minimum Gasteiger partial charge on any atom is -0.481 e. The molecule has 0 aromatic carbocycles. The Morgan fingerprint density at radius 3 is 2.36 bits per heavy atom. The molecule has 0 saturated heterocycles. The SMILES string of the molecule is C=CC(C)(O)C(CC)C(=O)O. The summed E-state index contributed by atoms with van der Waals surface area (Å²) in [7, 11) is 0. The second-order valence-corrected chi connectivity index (χ2v) is 2.73. The van der Waals surface area contributed by atoms with Gasteiger partial charge in [0.15, 0.2) is 0 Å². The molecule has 3 heteroatoms. The van der Waals surface area contributed by atoms with Gasteiger partial charge in [0.05, 0.1) is 11.5 Å². The molecule has 2 atom stereocenters. The molecule has 0 bridgehead atoms. The van der Waals surface area contributed by atoms with Crippen molar-refractivity contribution < 1.29 is 15.0 Å². The molecule has 11 heavy (non-hydrogen) atoms. The first-order valence-corrected chi connectivity index (χ1v) is 3.54. The van der Waals surface area contributed by atoms with Crippen molar-refractivity contribution in [1.82, 2.24) is 0 Å². The molecular weight excluding hydrogens is 144 g/mol. The van der Waals surface area contributed by atoms with Crippen LogP contribution in [0.5, 0.6) is 0 Å². The van der Waals surface area contributed by atoms with Gasteiger partial charge in [-0.3, -0.25) is 4.79 Å². The van der Waals surface area contributed by atoms with Crippen molar-refractivity contribution in [2.45, 2.75) is 25.9 Å². The highest BCUT2D eigenvalue weighted by molar-refractivity contribution is 5.71. The molecule has 0 aromatic heterocycles. The predicted octanol–water partition coefficient (Wildman–Crippen LogP) is 1.03. The van der Waals surface area contributed by atoms with Crippen LogP contribution >= 0.6 is 0 Å². The van der Waals surface area contributed by atoms with E-state index in [2.05, 4.69) is 6.58 Å². The first-order valence-electron chi connectivity index (χ1n) is 3.54. The molecule has 0 fully saturated rings. The highest BCUT2D eigenvalue weighted by Crippen LogP contribution is 2.21. The van der Waals surface area contributed by atoms with E-state index in [4.69, 9.17) is 5.11 Å². The number of carbonyl (C=O) groups is 1. The Bertz CT molecular complexity index is 161. The Labute approximate surface area is 66.4 Å². The monoisotopic (exact) mass is 158 g/mol. The van der Waals surface area contributed by atoms with Gasteiger partial charge in [0.25, 0.3) is 0 Å². The zero-order chi connectivity index (χ0) is 9.07. The highest BCUT2D eigenvalue weighted by atomic mass is 16.4. The van der Waals surface area contributed by atoms with Gasteiger partial charge < -0.3 is 10.2 Å². The van der Waals surface area contributed by atoms with E-state index in [0.717, 1.165) is 0 Å². The van der Waals surface area contributed by atoms with Crippen molar-refractivity contribution in [3.63, 3.8) is 0 Å². The lowest BCUT2D eigenvalue weighted by molar-refractivity contribution is -0.148. The number of rotatable bonds is 4. The Morgan fingerprint density at radius 1 is 1.82 bits per heavy atom. The van der Waals surface area contributed by atoms with Crippen LogP contribution in [-0.2, 0) is 4.79 Å². The average Bonchev–Trinajstić information content (AvgIpc) is 1.88. The van der Waals surface area contributed by atoms with E-state index in [9.17, 15) is 9.90 Å². The van der Waals surface area contributed by atoms with Crippen LogP contribution in [0.4, 0.5) is 0 Å². The Hall–Kier alpha value is -0.830. The van der Waals surface area contributed by atoms with Crippen LogP contribution < -0.4 is 0 Å². The van der Waals surface area contributed by atoms with Crippen LogP contribution in [0.2, 0.25) is 0 Å². The van der Waals surface area contributed by atoms with Gasteiger partial charge in [0, 0.05) is 0 Å². The maximum absolute atomic E-state index is 10.5. The minimum absolute atomic E-state index is 0.397. The van der Waals surface area contributed by atoms with E-state index < -0.39 is 17.5 Å². The lowest BCUT2D eigenvalue weighted by Crippen LogP contribution is -2.37. The van der Waals surface area contributed by atoms with Crippen molar-refractivity contribution in [3.05, 3.63) is 12.7 Å². The van der Waals surface area contributed by atoms with Gasteiger partial charge in [-0.15, -0.1) is 6.58 Å². The zero-order valence-electron chi connectivity index (χ0n) is 6.87. The summed E-state index contributed by atoms with van der Waals surface area (Å²) in [4.78, 5) is 10.5. The van der Waals surface area contributed by atoms with Crippen molar-refractivity contribution in [1.29, 1.82) is 0 Å². The van der Waals surface area contributed by atoms with Gasteiger partial charge in [-0.2, -0.15) is 0 Å². The molecule has 0 rings (SSSR count). The molecule has 64 valence electrons. The largest absolute Gasteiger partial charge is 0.481 e. The first-order chi connectivity index (χ1) is 4.95. The molecule has 0 radical (unpaired) electrons. The maximum Gasteiger partial charge on any atom is 0.309 e. The zero-order valence-corrected chi connectivity index (χ0v) is 6.87. The van der Waals surface area contributed by atoms with Crippen molar-refractivity contribution in [2.75, 3.05) is 0 Å². The Kier molecular flexibility index (Phi) is 3.26.